The number of methoxy groups -OCH3 is 1. The van der Waals surface area contributed by atoms with Crippen molar-refractivity contribution in [3.63, 3.8) is 0 Å². The molecule has 0 radical (unpaired) electrons. The van der Waals surface area contributed by atoms with Crippen LogP contribution in [0.5, 0.6) is 5.75 Å². The molecule has 1 saturated heterocycles. The summed E-state index contributed by atoms with van der Waals surface area (Å²) in [5, 5.41) is 6.96. The molecule has 2 aromatic carbocycles. The fraction of sp³-hybridized carbons (Fsp3) is 0.273. The van der Waals surface area contributed by atoms with Gasteiger partial charge in [0.25, 0.3) is 0 Å². The Bertz CT molecular complexity index is 979. The van der Waals surface area contributed by atoms with Crippen LogP contribution in [-0.2, 0) is 16.0 Å². The van der Waals surface area contributed by atoms with Crippen molar-refractivity contribution in [2.45, 2.75) is 6.42 Å². The van der Waals surface area contributed by atoms with Crippen LogP contribution < -0.4 is 15.0 Å². The lowest BCUT2D eigenvalue weighted by Crippen LogP contribution is -2.36. The second-order valence-corrected chi connectivity index (χ2v) is 6.79. The van der Waals surface area contributed by atoms with Crippen LogP contribution in [0.1, 0.15) is 5.69 Å². The average Bonchev–Trinajstić information content (AvgIpc) is 3.23. The number of amides is 1. The van der Waals surface area contributed by atoms with Gasteiger partial charge < -0.3 is 24.2 Å². The van der Waals surface area contributed by atoms with Crippen LogP contribution in [0, 0.1) is 0 Å². The molecule has 1 aliphatic heterocycles. The van der Waals surface area contributed by atoms with Gasteiger partial charge in [0, 0.05) is 36.1 Å². The van der Waals surface area contributed by atoms with E-state index in [4.69, 9.17) is 14.0 Å². The van der Waals surface area contributed by atoms with Crippen molar-refractivity contribution in [1.29, 1.82) is 0 Å². The normalized spacial score (nSPS) is 13.9. The third-order valence-corrected chi connectivity index (χ3v) is 4.76. The van der Waals surface area contributed by atoms with Gasteiger partial charge in [0.1, 0.15) is 5.75 Å². The second-order valence-electron chi connectivity index (χ2n) is 6.79. The molecular formula is C22H23N3O4. The Kier molecular flexibility index (Phi) is 5.76. The summed E-state index contributed by atoms with van der Waals surface area (Å²) in [7, 11) is 1.61. The molecule has 1 fully saturated rings. The van der Waals surface area contributed by atoms with Crippen LogP contribution in [0.4, 0.5) is 11.4 Å². The molecule has 3 aromatic rings. The zero-order valence-electron chi connectivity index (χ0n) is 16.3. The Morgan fingerprint density at radius 3 is 2.79 bits per heavy atom. The summed E-state index contributed by atoms with van der Waals surface area (Å²) in [6, 6.07) is 17.1. The molecule has 1 aromatic heterocycles. The van der Waals surface area contributed by atoms with Gasteiger partial charge in [0.15, 0.2) is 5.76 Å². The number of carbonyl (C=O) groups excluding carboxylic acids is 1. The van der Waals surface area contributed by atoms with E-state index in [1.54, 1.807) is 13.2 Å². The summed E-state index contributed by atoms with van der Waals surface area (Å²) in [5.74, 6) is 1.19. The SMILES string of the molecule is COc1cccc(-c2cc(CC(=O)Nc3cccc(N4CCOCC4)c3)no2)c1. The lowest BCUT2D eigenvalue weighted by atomic mass is 10.1. The van der Waals surface area contributed by atoms with Crippen LogP contribution in [-0.4, -0.2) is 44.5 Å². The molecule has 0 spiro atoms. The first-order valence-electron chi connectivity index (χ1n) is 9.54. The predicted molar refractivity (Wildman–Crippen MR) is 110 cm³/mol. The van der Waals surface area contributed by atoms with Gasteiger partial charge in [-0.25, -0.2) is 0 Å². The third kappa shape index (κ3) is 4.75. The molecule has 0 saturated carbocycles. The molecule has 7 nitrogen and oxygen atoms in total. The molecular weight excluding hydrogens is 370 g/mol. The number of hydrogen-bond donors (Lipinski definition) is 1. The maximum Gasteiger partial charge on any atom is 0.230 e. The smallest absolute Gasteiger partial charge is 0.230 e. The Morgan fingerprint density at radius 2 is 1.97 bits per heavy atom. The number of nitrogens with zero attached hydrogens (tertiary/aromatic N) is 2. The van der Waals surface area contributed by atoms with Crippen LogP contribution in [0.3, 0.4) is 0 Å². The van der Waals surface area contributed by atoms with Crippen LogP contribution in [0.15, 0.2) is 59.1 Å². The molecule has 0 unspecified atom stereocenters. The number of carbonyl (C=O) groups is 1. The molecule has 7 heteroatoms. The molecule has 150 valence electrons. The predicted octanol–water partition coefficient (Wildman–Crippen LogP) is 3.37. The van der Waals surface area contributed by atoms with E-state index in [1.807, 2.05) is 48.5 Å². The van der Waals surface area contributed by atoms with Crippen LogP contribution >= 0.6 is 0 Å². The molecule has 1 amide bonds. The minimum atomic E-state index is -0.144. The number of nitrogens with one attached hydrogen (secondary N) is 1. The standard InChI is InChI=1S/C22H23N3O4/c1-27-20-7-2-4-16(12-20)21-14-18(24-29-21)15-22(26)23-17-5-3-6-19(13-17)25-8-10-28-11-9-25/h2-7,12-14H,8-11,15H2,1H3,(H,23,26). The van der Waals surface area contributed by atoms with Gasteiger partial charge in [-0.15, -0.1) is 0 Å². The molecule has 1 aliphatic rings. The molecule has 29 heavy (non-hydrogen) atoms. The molecule has 4 rings (SSSR count). The number of aromatic nitrogens is 1. The van der Waals surface area contributed by atoms with E-state index in [-0.39, 0.29) is 12.3 Å². The zero-order valence-corrected chi connectivity index (χ0v) is 16.3. The van der Waals surface area contributed by atoms with Crippen molar-refractivity contribution >= 4 is 17.3 Å². The minimum absolute atomic E-state index is 0.134. The third-order valence-electron chi connectivity index (χ3n) is 4.76. The molecule has 0 atom stereocenters. The number of ether oxygens (including phenoxy) is 2. The lowest BCUT2D eigenvalue weighted by molar-refractivity contribution is -0.115. The Labute approximate surface area is 169 Å². The highest BCUT2D eigenvalue weighted by molar-refractivity contribution is 5.92. The Morgan fingerprint density at radius 1 is 1.14 bits per heavy atom. The maximum absolute atomic E-state index is 12.5. The topological polar surface area (TPSA) is 76.8 Å². The van der Waals surface area contributed by atoms with Crippen molar-refractivity contribution in [2.24, 2.45) is 0 Å². The fourth-order valence-corrected chi connectivity index (χ4v) is 3.28. The molecule has 0 bridgehead atoms. The van der Waals surface area contributed by atoms with E-state index in [0.29, 0.717) is 11.5 Å². The second kappa shape index (κ2) is 8.79. The van der Waals surface area contributed by atoms with Gasteiger partial charge in [0.2, 0.25) is 5.91 Å². The number of hydrogen-bond acceptors (Lipinski definition) is 6. The quantitative estimate of drug-likeness (QED) is 0.692. The van der Waals surface area contributed by atoms with E-state index in [2.05, 4.69) is 15.4 Å². The number of rotatable bonds is 6. The number of benzene rings is 2. The lowest BCUT2D eigenvalue weighted by Gasteiger charge is -2.29. The van der Waals surface area contributed by atoms with Crippen molar-refractivity contribution in [3.05, 3.63) is 60.3 Å². The van der Waals surface area contributed by atoms with Crippen molar-refractivity contribution in [3.8, 4) is 17.1 Å². The van der Waals surface area contributed by atoms with Crippen molar-refractivity contribution in [2.75, 3.05) is 43.6 Å². The van der Waals surface area contributed by atoms with Gasteiger partial charge >= 0.3 is 0 Å². The highest BCUT2D eigenvalue weighted by atomic mass is 16.5. The van der Waals surface area contributed by atoms with E-state index >= 15 is 0 Å². The van der Waals surface area contributed by atoms with Crippen LogP contribution in [0.25, 0.3) is 11.3 Å². The summed E-state index contributed by atoms with van der Waals surface area (Å²) >= 11 is 0. The van der Waals surface area contributed by atoms with E-state index in [0.717, 1.165) is 49.0 Å². The number of morpholine rings is 1. The summed E-state index contributed by atoms with van der Waals surface area (Å²) < 4.78 is 16.0. The first-order chi connectivity index (χ1) is 14.2. The summed E-state index contributed by atoms with van der Waals surface area (Å²) in [5.41, 5.74) is 3.26. The van der Waals surface area contributed by atoms with Gasteiger partial charge in [-0.2, -0.15) is 0 Å². The van der Waals surface area contributed by atoms with E-state index in [1.165, 1.54) is 0 Å². The van der Waals surface area contributed by atoms with Gasteiger partial charge in [-0.05, 0) is 30.3 Å². The maximum atomic E-state index is 12.5. The van der Waals surface area contributed by atoms with Gasteiger partial charge in [-0.1, -0.05) is 23.4 Å². The molecule has 2 heterocycles. The summed E-state index contributed by atoms with van der Waals surface area (Å²) in [4.78, 5) is 14.7. The zero-order chi connectivity index (χ0) is 20.1. The van der Waals surface area contributed by atoms with Crippen molar-refractivity contribution < 1.29 is 18.8 Å². The molecule has 0 aliphatic carbocycles. The Hall–Kier alpha value is -3.32. The monoisotopic (exact) mass is 393 g/mol. The van der Waals surface area contributed by atoms with E-state index in [9.17, 15) is 4.79 Å². The fourth-order valence-electron chi connectivity index (χ4n) is 3.28. The molecule has 1 N–H and O–H groups in total. The summed E-state index contributed by atoms with van der Waals surface area (Å²) in [6.45, 7) is 3.14. The van der Waals surface area contributed by atoms with Gasteiger partial charge in [-0.3, -0.25) is 4.79 Å². The highest BCUT2D eigenvalue weighted by Crippen LogP contribution is 2.25. The largest absolute Gasteiger partial charge is 0.497 e. The Balaban J connectivity index is 1.39. The van der Waals surface area contributed by atoms with Crippen molar-refractivity contribution in [1.82, 2.24) is 5.16 Å². The van der Waals surface area contributed by atoms with Crippen LogP contribution in [0.2, 0.25) is 0 Å². The average molecular weight is 393 g/mol. The minimum Gasteiger partial charge on any atom is -0.497 e. The van der Waals surface area contributed by atoms with E-state index < -0.39 is 0 Å². The first-order valence-corrected chi connectivity index (χ1v) is 9.54. The van der Waals surface area contributed by atoms with Gasteiger partial charge in [0.05, 0.1) is 32.4 Å². The number of anilines is 2. The highest BCUT2D eigenvalue weighted by Gasteiger charge is 2.14. The summed E-state index contributed by atoms with van der Waals surface area (Å²) in [6.07, 6.45) is 0.134. The first kappa shape index (κ1) is 19.0.